The van der Waals surface area contributed by atoms with E-state index in [1.54, 1.807) is 24.3 Å². The summed E-state index contributed by atoms with van der Waals surface area (Å²) in [7, 11) is 0. The Labute approximate surface area is 137 Å². The van der Waals surface area contributed by atoms with Crippen LogP contribution in [0.4, 0.5) is 5.69 Å². The number of aliphatic hydroxyl groups is 1. The highest BCUT2D eigenvalue weighted by Gasteiger charge is 2.05. The lowest BCUT2D eigenvalue weighted by Gasteiger charge is -2.14. The number of nitrogens with zero attached hydrogens (tertiary/aromatic N) is 1. The molecule has 0 saturated carbocycles. The zero-order valence-corrected chi connectivity index (χ0v) is 13.4. The Morgan fingerprint density at radius 1 is 1.14 bits per heavy atom. The molecule has 108 valence electrons. The van der Waals surface area contributed by atoms with Gasteiger partial charge in [0.2, 0.25) is 0 Å². The molecule has 0 aliphatic rings. The molecule has 1 unspecified atom stereocenters. The van der Waals surface area contributed by atoms with E-state index in [1.807, 2.05) is 30.3 Å². The number of nitriles is 1. The van der Waals surface area contributed by atoms with E-state index in [0.717, 1.165) is 5.69 Å². The van der Waals surface area contributed by atoms with Crippen LogP contribution in [0.25, 0.3) is 0 Å². The van der Waals surface area contributed by atoms with Crippen molar-refractivity contribution < 1.29 is 9.84 Å². The van der Waals surface area contributed by atoms with Crippen molar-refractivity contribution in [2.24, 2.45) is 0 Å². The minimum Gasteiger partial charge on any atom is -0.491 e. The van der Waals surface area contributed by atoms with Crippen LogP contribution < -0.4 is 10.1 Å². The molecule has 4 nitrogen and oxygen atoms in total. The zero-order chi connectivity index (χ0) is 15.1. The largest absolute Gasteiger partial charge is 0.491 e. The molecule has 0 fully saturated rings. The summed E-state index contributed by atoms with van der Waals surface area (Å²) < 4.78 is 6.64. The van der Waals surface area contributed by atoms with Crippen molar-refractivity contribution in [3.63, 3.8) is 0 Å². The normalized spacial score (nSPS) is 11.5. The van der Waals surface area contributed by atoms with Gasteiger partial charge in [-0.05, 0) is 71.1 Å². The van der Waals surface area contributed by atoms with Crippen LogP contribution >= 0.6 is 22.6 Å². The van der Waals surface area contributed by atoms with E-state index in [-0.39, 0.29) is 6.61 Å². The Balaban J connectivity index is 1.75. The first-order chi connectivity index (χ1) is 10.2. The lowest BCUT2D eigenvalue weighted by Crippen LogP contribution is -2.26. The maximum absolute atomic E-state index is 9.89. The van der Waals surface area contributed by atoms with Gasteiger partial charge in [0.1, 0.15) is 18.5 Å². The molecule has 2 aromatic rings. The molecule has 2 N–H and O–H groups in total. The summed E-state index contributed by atoms with van der Waals surface area (Å²) >= 11 is 2.25. The minimum absolute atomic E-state index is 0.198. The minimum atomic E-state index is -0.611. The first kappa shape index (κ1) is 15.6. The van der Waals surface area contributed by atoms with Crippen molar-refractivity contribution >= 4 is 28.3 Å². The first-order valence-electron chi connectivity index (χ1n) is 6.48. The molecule has 1 atom stereocenters. The van der Waals surface area contributed by atoms with Crippen LogP contribution in [0.3, 0.4) is 0 Å². The van der Waals surface area contributed by atoms with Crippen LogP contribution in [0.1, 0.15) is 5.56 Å². The van der Waals surface area contributed by atoms with Gasteiger partial charge in [0.05, 0.1) is 11.6 Å². The number of halogens is 1. The van der Waals surface area contributed by atoms with Gasteiger partial charge >= 0.3 is 0 Å². The molecule has 0 saturated heterocycles. The second-order valence-corrected chi connectivity index (χ2v) is 5.73. The molecule has 0 aromatic heterocycles. The molecule has 5 heteroatoms. The van der Waals surface area contributed by atoms with Crippen molar-refractivity contribution in [1.82, 2.24) is 0 Å². The van der Waals surface area contributed by atoms with Gasteiger partial charge < -0.3 is 15.2 Å². The Morgan fingerprint density at radius 2 is 1.81 bits per heavy atom. The summed E-state index contributed by atoms with van der Waals surface area (Å²) in [6.45, 7) is 0.611. The van der Waals surface area contributed by atoms with Gasteiger partial charge in [0.15, 0.2) is 0 Å². The second kappa shape index (κ2) is 7.86. The summed E-state index contributed by atoms with van der Waals surface area (Å²) in [6, 6.07) is 16.8. The molecule has 0 spiro atoms. The van der Waals surface area contributed by atoms with Crippen molar-refractivity contribution in [3.8, 4) is 11.8 Å². The number of aliphatic hydroxyl groups excluding tert-OH is 1. The summed E-state index contributed by atoms with van der Waals surface area (Å²) in [5.41, 5.74) is 1.55. The molecule has 0 aliphatic carbocycles. The number of ether oxygens (including phenoxy) is 1. The Hall–Kier alpha value is -1.78. The number of nitrogens with one attached hydrogen (secondary N) is 1. The van der Waals surface area contributed by atoms with Gasteiger partial charge in [-0.1, -0.05) is 0 Å². The number of benzene rings is 2. The summed E-state index contributed by atoms with van der Waals surface area (Å²) in [5, 5.41) is 21.7. The van der Waals surface area contributed by atoms with E-state index in [2.05, 4.69) is 27.9 Å². The molecule has 2 aromatic carbocycles. The fourth-order valence-electron chi connectivity index (χ4n) is 1.68. The Morgan fingerprint density at radius 3 is 2.43 bits per heavy atom. The molecule has 0 amide bonds. The zero-order valence-electron chi connectivity index (χ0n) is 11.3. The maximum Gasteiger partial charge on any atom is 0.119 e. The van der Waals surface area contributed by atoms with E-state index in [4.69, 9.17) is 10.00 Å². The van der Waals surface area contributed by atoms with Crippen LogP contribution in [0.2, 0.25) is 0 Å². The SMILES string of the molecule is N#Cc1ccc(OCC(O)CNc2ccc(I)cc2)cc1. The van der Waals surface area contributed by atoms with Gasteiger partial charge in [0, 0.05) is 15.8 Å². The van der Waals surface area contributed by atoms with E-state index in [1.165, 1.54) is 3.57 Å². The highest BCUT2D eigenvalue weighted by atomic mass is 127. The molecule has 0 radical (unpaired) electrons. The molecular weight excluding hydrogens is 379 g/mol. The van der Waals surface area contributed by atoms with Crippen LogP contribution in [0, 0.1) is 14.9 Å². The van der Waals surface area contributed by atoms with E-state index in [0.29, 0.717) is 17.9 Å². The molecule has 2 rings (SSSR count). The lowest BCUT2D eigenvalue weighted by atomic mass is 10.2. The third-order valence-corrected chi connectivity index (χ3v) is 3.53. The third kappa shape index (κ3) is 5.25. The summed E-state index contributed by atoms with van der Waals surface area (Å²) in [6.07, 6.45) is -0.611. The van der Waals surface area contributed by atoms with Gasteiger partial charge in [-0.2, -0.15) is 5.26 Å². The first-order valence-corrected chi connectivity index (χ1v) is 7.56. The summed E-state index contributed by atoms with van der Waals surface area (Å²) in [5.74, 6) is 0.641. The Bertz CT molecular complexity index is 606. The fourth-order valence-corrected chi connectivity index (χ4v) is 2.04. The molecule has 0 bridgehead atoms. The van der Waals surface area contributed by atoms with Crippen molar-refractivity contribution in [3.05, 3.63) is 57.7 Å². The van der Waals surface area contributed by atoms with E-state index >= 15 is 0 Å². The standard InChI is InChI=1S/C16H15IN2O2/c17-13-3-5-14(6-4-13)19-10-15(20)11-21-16-7-1-12(9-18)2-8-16/h1-8,15,19-20H,10-11H2. The second-order valence-electron chi connectivity index (χ2n) is 4.49. The van der Waals surface area contributed by atoms with Gasteiger partial charge in [-0.3, -0.25) is 0 Å². The number of hydrogen-bond donors (Lipinski definition) is 2. The predicted molar refractivity (Wildman–Crippen MR) is 90.3 cm³/mol. The van der Waals surface area contributed by atoms with Crippen molar-refractivity contribution in [1.29, 1.82) is 5.26 Å². The monoisotopic (exact) mass is 394 g/mol. The van der Waals surface area contributed by atoms with Crippen molar-refractivity contribution in [2.45, 2.75) is 6.10 Å². The summed E-state index contributed by atoms with van der Waals surface area (Å²) in [4.78, 5) is 0. The predicted octanol–water partition coefficient (Wildman–Crippen LogP) is 3.01. The van der Waals surface area contributed by atoms with Gasteiger partial charge in [-0.15, -0.1) is 0 Å². The quantitative estimate of drug-likeness (QED) is 0.740. The topological polar surface area (TPSA) is 65.3 Å². The van der Waals surface area contributed by atoms with Crippen LogP contribution in [-0.2, 0) is 0 Å². The average molecular weight is 394 g/mol. The molecule has 21 heavy (non-hydrogen) atoms. The highest BCUT2D eigenvalue weighted by Crippen LogP contribution is 2.13. The van der Waals surface area contributed by atoms with Gasteiger partial charge in [-0.25, -0.2) is 0 Å². The molecular formula is C16H15IN2O2. The fraction of sp³-hybridized carbons (Fsp3) is 0.188. The molecule has 0 heterocycles. The number of rotatable bonds is 6. The average Bonchev–Trinajstić information content (AvgIpc) is 2.53. The van der Waals surface area contributed by atoms with E-state index < -0.39 is 6.10 Å². The van der Waals surface area contributed by atoms with E-state index in [9.17, 15) is 5.11 Å². The van der Waals surface area contributed by atoms with Gasteiger partial charge in [0.25, 0.3) is 0 Å². The third-order valence-electron chi connectivity index (χ3n) is 2.81. The van der Waals surface area contributed by atoms with Crippen molar-refractivity contribution in [2.75, 3.05) is 18.5 Å². The van der Waals surface area contributed by atoms with Crippen LogP contribution in [0.5, 0.6) is 5.75 Å². The number of hydrogen-bond acceptors (Lipinski definition) is 4. The number of anilines is 1. The maximum atomic E-state index is 9.89. The Kier molecular flexibility index (Phi) is 5.84. The lowest BCUT2D eigenvalue weighted by molar-refractivity contribution is 0.117. The molecule has 0 aliphatic heterocycles. The van der Waals surface area contributed by atoms with Crippen LogP contribution in [-0.4, -0.2) is 24.4 Å². The van der Waals surface area contributed by atoms with Crippen LogP contribution in [0.15, 0.2) is 48.5 Å². The smallest absolute Gasteiger partial charge is 0.119 e. The highest BCUT2D eigenvalue weighted by molar-refractivity contribution is 14.1.